The molecule has 3 aromatic rings. The molecular formula is C41H49N5O9. The van der Waals surface area contributed by atoms with E-state index in [1.807, 2.05) is 0 Å². The predicted molar refractivity (Wildman–Crippen MR) is 203 cm³/mol. The molecule has 0 spiro atoms. The van der Waals surface area contributed by atoms with Crippen LogP contribution in [0.25, 0.3) is 0 Å². The quantitative estimate of drug-likeness (QED) is 0.362. The average Bonchev–Trinajstić information content (AvgIpc) is 3.17. The van der Waals surface area contributed by atoms with Gasteiger partial charge < -0.3 is 40.0 Å². The third-order valence-electron chi connectivity index (χ3n) is 10.2. The van der Waals surface area contributed by atoms with Gasteiger partial charge in [0.25, 0.3) is 0 Å². The van der Waals surface area contributed by atoms with Crippen molar-refractivity contribution in [1.82, 2.24) is 25.8 Å². The van der Waals surface area contributed by atoms with E-state index in [9.17, 15) is 28.8 Å². The van der Waals surface area contributed by atoms with E-state index in [-0.39, 0.29) is 31.5 Å². The molecule has 3 N–H and O–H groups in total. The van der Waals surface area contributed by atoms with E-state index in [1.54, 1.807) is 66.7 Å². The van der Waals surface area contributed by atoms with E-state index >= 15 is 0 Å². The highest BCUT2D eigenvalue weighted by Crippen LogP contribution is 2.34. The molecule has 55 heavy (non-hydrogen) atoms. The van der Waals surface area contributed by atoms with Gasteiger partial charge in [-0.1, -0.05) is 30.3 Å². The first kappa shape index (κ1) is 40.3. The maximum atomic E-state index is 14.4. The Morgan fingerprint density at radius 3 is 1.89 bits per heavy atom. The van der Waals surface area contributed by atoms with Crippen molar-refractivity contribution in [3.05, 3.63) is 83.4 Å². The number of carbonyl (C=O) groups excluding carboxylic acids is 6. The van der Waals surface area contributed by atoms with Crippen LogP contribution in [0.5, 0.6) is 23.0 Å². The number of Topliss-reactive ketones (excluding diaryl/α,β-unsaturated/α-hetero) is 1. The Morgan fingerprint density at radius 1 is 0.655 bits per heavy atom. The SMILES string of the molecule is COc1ccc(CC2C(=O)NC(C)C(=O)N(C)C3Cc4ccc(cc4)Oc4cc(ccc4OC)CC(CC3=O)C(=O)NC(C)C(=O)NC(C)C(=O)N2C)cc1. The molecule has 0 radical (unpaired) electrons. The van der Waals surface area contributed by atoms with Crippen LogP contribution in [0.4, 0.5) is 0 Å². The van der Waals surface area contributed by atoms with Gasteiger partial charge in [-0.15, -0.1) is 0 Å². The van der Waals surface area contributed by atoms with Crippen molar-refractivity contribution in [2.24, 2.45) is 5.92 Å². The van der Waals surface area contributed by atoms with Gasteiger partial charge in [-0.2, -0.15) is 0 Å². The average molecular weight is 756 g/mol. The topological polar surface area (TPSA) is 173 Å². The molecular weight excluding hydrogens is 706 g/mol. The normalized spacial score (nSPS) is 24.5. The van der Waals surface area contributed by atoms with Crippen LogP contribution >= 0.6 is 0 Å². The molecule has 6 bridgehead atoms. The highest BCUT2D eigenvalue weighted by Gasteiger charge is 2.37. The van der Waals surface area contributed by atoms with Crippen molar-refractivity contribution in [2.75, 3.05) is 28.3 Å². The highest BCUT2D eigenvalue weighted by molar-refractivity contribution is 5.98. The number of benzene rings is 3. The first-order valence-electron chi connectivity index (χ1n) is 18.2. The van der Waals surface area contributed by atoms with Crippen LogP contribution in [-0.4, -0.2) is 104 Å². The van der Waals surface area contributed by atoms with E-state index in [1.165, 1.54) is 58.9 Å². The Kier molecular flexibility index (Phi) is 12.8. The molecule has 5 amide bonds. The number of rotatable bonds is 4. The van der Waals surface area contributed by atoms with E-state index in [0.717, 1.165) is 5.56 Å². The summed E-state index contributed by atoms with van der Waals surface area (Å²) in [6.45, 7) is 4.49. The minimum Gasteiger partial charge on any atom is -0.497 e. The Hall–Kier alpha value is -5.92. The number of ketones is 1. The molecule has 6 atom stereocenters. The molecule has 1 saturated heterocycles. The molecule has 6 rings (SSSR count). The summed E-state index contributed by atoms with van der Waals surface area (Å²) in [4.78, 5) is 86.3. The van der Waals surface area contributed by atoms with Crippen molar-refractivity contribution in [3.63, 3.8) is 0 Å². The van der Waals surface area contributed by atoms with Gasteiger partial charge in [0, 0.05) is 32.9 Å². The lowest BCUT2D eigenvalue weighted by Crippen LogP contribution is -2.59. The Morgan fingerprint density at radius 2 is 1.25 bits per heavy atom. The van der Waals surface area contributed by atoms with Crippen LogP contribution in [-0.2, 0) is 48.0 Å². The van der Waals surface area contributed by atoms with E-state index in [2.05, 4.69) is 16.0 Å². The minimum absolute atomic E-state index is 0.0832. The zero-order valence-electron chi connectivity index (χ0n) is 32.2. The summed E-state index contributed by atoms with van der Waals surface area (Å²) in [7, 11) is 6.01. The third kappa shape index (κ3) is 9.61. The van der Waals surface area contributed by atoms with Gasteiger partial charge in [-0.25, -0.2) is 0 Å². The monoisotopic (exact) mass is 755 g/mol. The Labute approximate surface area is 320 Å². The van der Waals surface area contributed by atoms with Crippen LogP contribution in [0.15, 0.2) is 66.7 Å². The van der Waals surface area contributed by atoms with Gasteiger partial charge in [0.05, 0.1) is 20.3 Å². The summed E-state index contributed by atoms with van der Waals surface area (Å²) in [6.07, 6.45) is 0.0158. The third-order valence-corrected chi connectivity index (χ3v) is 10.2. The summed E-state index contributed by atoms with van der Waals surface area (Å²) < 4.78 is 16.9. The smallest absolute Gasteiger partial charge is 0.245 e. The molecule has 14 heteroatoms. The lowest BCUT2D eigenvalue weighted by Gasteiger charge is -2.33. The highest BCUT2D eigenvalue weighted by atomic mass is 16.5. The number of amides is 5. The molecule has 0 aromatic heterocycles. The second-order valence-electron chi connectivity index (χ2n) is 14.2. The molecule has 1 fully saturated rings. The fraction of sp³-hybridized carbons (Fsp3) is 0.415. The van der Waals surface area contributed by atoms with Crippen LogP contribution < -0.4 is 30.2 Å². The molecule has 3 heterocycles. The largest absolute Gasteiger partial charge is 0.497 e. The Bertz CT molecular complexity index is 1920. The molecule has 3 aliphatic heterocycles. The van der Waals surface area contributed by atoms with Crippen molar-refractivity contribution in [3.8, 4) is 23.0 Å². The fourth-order valence-electron chi connectivity index (χ4n) is 6.84. The Balaban J connectivity index is 1.55. The first-order chi connectivity index (χ1) is 26.2. The van der Waals surface area contributed by atoms with Crippen molar-refractivity contribution < 1.29 is 43.0 Å². The predicted octanol–water partition coefficient (Wildman–Crippen LogP) is 2.59. The van der Waals surface area contributed by atoms with Crippen LogP contribution in [0.1, 0.15) is 43.9 Å². The van der Waals surface area contributed by atoms with E-state index in [4.69, 9.17) is 14.2 Å². The summed E-state index contributed by atoms with van der Waals surface area (Å²) in [5.41, 5.74) is 2.11. The number of hydrogen-bond acceptors (Lipinski definition) is 9. The van der Waals surface area contributed by atoms with Crippen molar-refractivity contribution in [1.29, 1.82) is 0 Å². The molecule has 0 aliphatic carbocycles. The zero-order valence-corrected chi connectivity index (χ0v) is 32.2. The number of nitrogens with zero attached hydrogens (tertiary/aromatic N) is 2. The fourth-order valence-corrected chi connectivity index (χ4v) is 6.84. The van der Waals surface area contributed by atoms with E-state index < -0.39 is 65.7 Å². The summed E-state index contributed by atoms with van der Waals surface area (Å²) in [5, 5.41) is 8.16. The van der Waals surface area contributed by atoms with Gasteiger partial charge in [-0.05, 0) is 86.7 Å². The van der Waals surface area contributed by atoms with Gasteiger partial charge >= 0.3 is 0 Å². The van der Waals surface area contributed by atoms with Crippen LogP contribution in [0.3, 0.4) is 0 Å². The van der Waals surface area contributed by atoms with Crippen molar-refractivity contribution in [2.45, 2.75) is 76.7 Å². The second kappa shape index (κ2) is 17.5. The van der Waals surface area contributed by atoms with Gasteiger partial charge in [0.2, 0.25) is 29.5 Å². The lowest BCUT2D eigenvalue weighted by atomic mass is 9.88. The van der Waals surface area contributed by atoms with Gasteiger partial charge in [-0.3, -0.25) is 28.8 Å². The lowest BCUT2D eigenvalue weighted by molar-refractivity contribution is -0.144. The molecule has 3 aromatic carbocycles. The molecule has 14 nitrogen and oxygen atoms in total. The molecule has 0 saturated carbocycles. The zero-order chi connectivity index (χ0) is 40.0. The number of ether oxygens (including phenoxy) is 3. The van der Waals surface area contributed by atoms with Gasteiger partial charge in [0.15, 0.2) is 17.3 Å². The number of likely N-dealkylation sites (N-methyl/N-ethyl adjacent to an activating group) is 2. The number of carbonyl (C=O) groups is 6. The second-order valence-corrected chi connectivity index (χ2v) is 14.2. The number of hydrogen-bond donors (Lipinski definition) is 3. The summed E-state index contributed by atoms with van der Waals surface area (Å²) in [6, 6.07) is 13.9. The number of methoxy groups -OCH3 is 2. The summed E-state index contributed by atoms with van der Waals surface area (Å²) in [5.74, 6) is -2.23. The number of fused-ring (bicyclic) bond motifs is 2. The maximum Gasteiger partial charge on any atom is 0.245 e. The standard InChI is InChI=1S/C41H49N5O9/c1-23-37(48)43-24(2)41(52)46(5)33(20-27-8-13-30(53-6)14-9-27)39(50)44-25(3)40(51)45(4)32-19-26-10-15-31(16-11-26)55-36-21-28(12-17-35(36)54-7)18-29(22-34(32)47)38(49)42-23/h8-17,21,23-25,29,32-33H,18-20,22H2,1-7H3,(H,42,49)(H,43,48)(H,44,50). The van der Waals surface area contributed by atoms with E-state index in [0.29, 0.717) is 34.1 Å². The molecule has 3 aliphatic rings. The maximum absolute atomic E-state index is 14.4. The summed E-state index contributed by atoms with van der Waals surface area (Å²) >= 11 is 0. The molecule has 6 unspecified atom stereocenters. The minimum atomic E-state index is -1.11. The first-order valence-corrected chi connectivity index (χ1v) is 18.2. The van der Waals surface area contributed by atoms with Crippen LogP contribution in [0, 0.1) is 5.92 Å². The van der Waals surface area contributed by atoms with Crippen LogP contribution in [0.2, 0.25) is 0 Å². The molecule has 292 valence electrons. The van der Waals surface area contributed by atoms with Crippen molar-refractivity contribution >= 4 is 35.3 Å². The van der Waals surface area contributed by atoms with Gasteiger partial charge in [0.1, 0.15) is 35.7 Å². The number of nitrogens with one attached hydrogen (secondary N) is 3.